The van der Waals surface area contributed by atoms with Crippen molar-refractivity contribution in [1.82, 2.24) is 0 Å². The third kappa shape index (κ3) is 19.3. The Morgan fingerprint density at radius 3 is 1.47 bits per heavy atom. The number of carbonyl (C=O) groups excluding carboxylic acids is 2. The predicted octanol–water partition coefficient (Wildman–Crippen LogP) is 5.09. The maximum atomic E-state index is 11.7. The first kappa shape index (κ1) is 35.2. The third-order valence-electron chi connectivity index (χ3n) is 5.13. The molecule has 0 aliphatic carbocycles. The Morgan fingerprint density at radius 2 is 1.18 bits per heavy atom. The van der Waals surface area contributed by atoms with Gasteiger partial charge >= 0.3 is 17.4 Å². The summed E-state index contributed by atoms with van der Waals surface area (Å²) in [5.74, 6) is 1.66. The van der Waals surface area contributed by atoms with Crippen molar-refractivity contribution in [2.45, 2.75) is 102 Å². The Labute approximate surface area is 205 Å². The maximum absolute atomic E-state index is 11.7. The van der Waals surface area contributed by atoms with Gasteiger partial charge in [0.2, 0.25) is 0 Å². The van der Waals surface area contributed by atoms with E-state index in [-0.39, 0.29) is 28.1 Å². The Bertz CT molecular complexity index is 623. The molecule has 0 aromatic carbocycles. The number of rotatable bonds is 17. The average Bonchev–Trinajstić information content (AvgIpc) is 2.76. The summed E-state index contributed by atoms with van der Waals surface area (Å²) >= 11 is 0. The zero-order valence-corrected chi connectivity index (χ0v) is 22.4. The topological polar surface area (TPSA) is 110 Å². The summed E-state index contributed by atoms with van der Waals surface area (Å²) in [7, 11) is -3.20. The van der Waals surface area contributed by atoms with Crippen LogP contribution in [0, 0.1) is 0 Å². The molecule has 0 aliphatic rings. The fourth-order valence-corrected chi connectivity index (χ4v) is 5.58. The van der Waals surface area contributed by atoms with Crippen LogP contribution in [0.15, 0.2) is 0 Å². The first-order valence-electron chi connectivity index (χ1n) is 11.7. The fourth-order valence-electron chi connectivity index (χ4n) is 3.17. The van der Waals surface area contributed by atoms with E-state index in [1.807, 2.05) is 0 Å². The lowest BCUT2D eigenvalue weighted by molar-refractivity contribution is -0.142. The lowest BCUT2D eigenvalue weighted by atomic mass is 10.1. The van der Waals surface area contributed by atoms with E-state index in [0.29, 0.717) is 12.8 Å². The molecule has 0 saturated carbocycles. The van der Waals surface area contributed by atoms with Gasteiger partial charge < -0.3 is 14.0 Å². The lowest BCUT2D eigenvalue weighted by Gasteiger charge is -2.17. The highest BCUT2D eigenvalue weighted by Crippen LogP contribution is 2.21. The molecule has 7 nitrogen and oxygen atoms in total. The molecule has 0 radical (unpaired) electrons. The third-order valence-corrected chi connectivity index (χ3v) is 8.53. The quantitative estimate of drug-likeness (QED) is 0.0834. The highest BCUT2D eigenvalue weighted by molar-refractivity contribution is 7.97. The van der Waals surface area contributed by atoms with E-state index in [1.54, 1.807) is 0 Å². The standard InChI is InChI=1S/C21H41O4S.CHF3O3S/c1-5-7-8-9-10-11-12-13-14-15-16-26(6-2)19(17-20(22)24-3)18-21(23)25-4;2-1(3,4)8(5,6)7/h19H,5-18H2,1-4H3;(H,5,6,7)/q+1;/p-1. The van der Waals surface area contributed by atoms with E-state index >= 15 is 0 Å². The zero-order chi connectivity index (χ0) is 26.6. The normalized spacial score (nSPS) is 12.6. The molecule has 0 N–H and O–H groups in total. The molecule has 0 aromatic heterocycles. The van der Waals surface area contributed by atoms with Crippen molar-refractivity contribution in [2.75, 3.05) is 25.7 Å². The number of ether oxygens (including phenoxy) is 2. The Hall–Kier alpha value is -1.01. The number of methoxy groups -OCH3 is 2. The molecule has 12 heteroatoms. The first-order valence-corrected chi connectivity index (χ1v) is 14.7. The first-order chi connectivity index (χ1) is 15.8. The number of esters is 2. The van der Waals surface area contributed by atoms with Crippen LogP contribution in [0.25, 0.3) is 0 Å². The van der Waals surface area contributed by atoms with Crippen molar-refractivity contribution >= 4 is 33.0 Å². The summed E-state index contributed by atoms with van der Waals surface area (Å²) in [5.41, 5.74) is -5.65. The maximum Gasteiger partial charge on any atom is 0.485 e. The van der Waals surface area contributed by atoms with E-state index in [4.69, 9.17) is 22.4 Å². The number of carbonyl (C=O) groups is 2. The summed E-state index contributed by atoms with van der Waals surface area (Å²) in [5, 5.41) is 0.0541. The van der Waals surface area contributed by atoms with Crippen molar-refractivity contribution in [3.63, 3.8) is 0 Å². The molecule has 0 bridgehead atoms. The van der Waals surface area contributed by atoms with Gasteiger partial charge in [0.15, 0.2) is 10.1 Å². The van der Waals surface area contributed by atoms with Gasteiger partial charge in [0.05, 0.1) is 27.1 Å². The summed E-state index contributed by atoms with van der Waals surface area (Å²) in [6.07, 6.45) is 13.9. The van der Waals surface area contributed by atoms with Gasteiger partial charge in [-0.25, -0.2) is 8.42 Å². The molecular formula is C22H41F3O7S2. The van der Waals surface area contributed by atoms with Crippen LogP contribution < -0.4 is 0 Å². The molecule has 0 spiro atoms. The second-order valence-corrected chi connectivity index (χ2v) is 11.9. The second kappa shape index (κ2) is 20.2. The Balaban J connectivity index is 0. The molecule has 0 saturated heterocycles. The number of hydrogen-bond donors (Lipinski definition) is 0. The van der Waals surface area contributed by atoms with Crippen LogP contribution >= 0.6 is 0 Å². The van der Waals surface area contributed by atoms with Gasteiger partial charge in [-0.15, -0.1) is 0 Å². The molecule has 0 aliphatic heterocycles. The van der Waals surface area contributed by atoms with Crippen molar-refractivity contribution in [3.05, 3.63) is 0 Å². The SMILES string of the molecule is CCCCCCCCCCCC[S+](CC)C(CC(=O)OC)CC(=O)OC.O=S(=O)([O-])C(F)(F)F. The van der Waals surface area contributed by atoms with Crippen LogP contribution in [0.3, 0.4) is 0 Å². The molecule has 0 aromatic rings. The zero-order valence-electron chi connectivity index (χ0n) is 20.8. The van der Waals surface area contributed by atoms with Gasteiger partial charge in [-0.05, 0) is 30.7 Å². The van der Waals surface area contributed by atoms with Gasteiger partial charge in [-0.3, -0.25) is 9.59 Å². The minimum Gasteiger partial charge on any atom is -0.741 e. The number of hydrogen-bond acceptors (Lipinski definition) is 7. The molecular weight excluding hydrogens is 497 g/mol. The smallest absolute Gasteiger partial charge is 0.485 e. The minimum absolute atomic E-state index is 0.0541. The number of unbranched alkanes of at least 4 members (excludes halogenated alkanes) is 9. The second-order valence-electron chi connectivity index (χ2n) is 7.79. The number of alkyl halides is 3. The molecule has 204 valence electrons. The summed E-state index contributed by atoms with van der Waals surface area (Å²) in [6, 6.07) is 0. The largest absolute Gasteiger partial charge is 0.741 e. The fraction of sp³-hybridized carbons (Fsp3) is 0.909. The van der Waals surface area contributed by atoms with Gasteiger partial charge in [-0.1, -0.05) is 58.3 Å². The van der Waals surface area contributed by atoms with Crippen LogP contribution in [0.5, 0.6) is 0 Å². The molecule has 0 heterocycles. The summed E-state index contributed by atoms with van der Waals surface area (Å²) in [4.78, 5) is 23.4. The van der Waals surface area contributed by atoms with Crippen molar-refractivity contribution in [2.24, 2.45) is 0 Å². The van der Waals surface area contributed by atoms with Gasteiger partial charge in [0, 0.05) is 0 Å². The molecule has 34 heavy (non-hydrogen) atoms. The summed E-state index contributed by atoms with van der Waals surface area (Å²) < 4.78 is 68.5. The van der Waals surface area contributed by atoms with Crippen molar-refractivity contribution in [1.29, 1.82) is 0 Å². The van der Waals surface area contributed by atoms with E-state index in [0.717, 1.165) is 11.5 Å². The van der Waals surface area contributed by atoms with E-state index < -0.39 is 15.6 Å². The van der Waals surface area contributed by atoms with E-state index in [9.17, 15) is 22.8 Å². The molecule has 1 unspecified atom stereocenters. The van der Waals surface area contributed by atoms with Crippen molar-refractivity contribution < 1.29 is 45.2 Å². The van der Waals surface area contributed by atoms with Crippen LogP contribution in [0.1, 0.15) is 90.9 Å². The molecule has 0 fully saturated rings. The highest BCUT2D eigenvalue weighted by Gasteiger charge is 2.37. The van der Waals surface area contributed by atoms with Gasteiger partial charge in [0.1, 0.15) is 16.8 Å². The van der Waals surface area contributed by atoms with E-state index in [1.165, 1.54) is 78.4 Å². The highest BCUT2D eigenvalue weighted by atomic mass is 32.2. The number of halogens is 3. The lowest BCUT2D eigenvalue weighted by Crippen LogP contribution is -2.32. The van der Waals surface area contributed by atoms with Crippen LogP contribution in [-0.4, -0.2) is 61.4 Å². The van der Waals surface area contributed by atoms with Gasteiger partial charge in [0.25, 0.3) is 0 Å². The van der Waals surface area contributed by atoms with Crippen molar-refractivity contribution in [3.8, 4) is 0 Å². The van der Waals surface area contributed by atoms with E-state index in [2.05, 4.69) is 13.8 Å². The minimum atomic E-state index is -6.09. The predicted molar refractivity (Wildman–Crippen MR) is 127 cm³/mol. The van der Waals surface area contributed by atoms with Gasteiger partial charge in [-0.2, -0.15) is 13.2 Å². The van der Waals surface area contributed by atoms with Crippen LogP contribution in [-0.2, 0) is 40.1 Å². The Kier molecular flexibility index (Phi) is 20.9. The Morgan fingerprint density at radius 1 is 0.824 bits per heavy atom. The molecule has 0 rings (SSSR count). The summed E-state index contributed by atoms with van der Waals surface area (Å²) in [6.45, 7) is 4.41. The van der Waals surface area contributed by atoms with Crippen LogP contribution in [0.4, 0.5) is 13.2 Å². The molecule has 1 atom stereocenters. The van der Waals surface area contributed by atoms with Crippen LogP contribution in [0.2, 0.25) is 0 Å². The monoisotopic (exact) mass is 538 g/mol. The molecule has 0 amide bonds. The average molecular weight is 539 g/mol.